The number of hydrogen-bond acceptors (Lipinski definition) is 8. The van der Waals surface area contributed by atoms with Crippen LogP contribution in [0.15, 0.2) is 46.3 Å². The van der Waals surface area contributed by atoms with E-state index < -0.39 is 52.4 Å². The first-order valence-corrected chi connectivity index (χ1v) is 12.5. The summed E-state index contributed by atoms with van der Waals surface area (Å²) >= 11 is 0. The van der Waals surface area contributed by atoms with Gasteiger partial charge in [0.2, 0.25) is 0 Å². The zero-order valence-electron chi connectivity index (χ0n) is 21.6. The number of aliphatic hydroxyl groups is 1. The number of furan rings is 1. The van der Waals surface area contributed by atoms with E-state index in [0.29, 0.717) is 6.42 Å². The highest BCUT2D eigenvalue weighted by atomic mass is 16.6. The Bertz CT molecular complexity index is 1160. The molecule has 1 saturated carbocycles. The van der Waals surface area contributed by atoms with Gasteiger partial charge in [0, 0.05) is 29.6 Å². The van der Waals surface area contributed by atoms with Gasteiger partial charge in [-0.3, -0.25) is 14.4 Å². The molecule has 36 heavy (non-hydrogen) atoms. The van der Waals surface area contributed by atoms with Crippen LogP contribution in [0.1, 0.15) is 58.9 Å². The van der Waals surface area contributed by atoms with Crippen molar-refractivity contribution in [3.63, 3.8) is 0 Å². The first kappa shape index (κ1) is 25.0. The van der Waals surface area contributed by atoms with E-state index in [1.807, 2.05) is 13.0 Å². The first-order valence-electron chi connectivity index (χ1n) is 12.5. The van der Waals surface area contributed by atoms with Gasteiger partial charge in [0.15, 0.2) is 5.78 Å². The second-order valence-electron chi connectivity index (χ2n) is 11.4. The normalized spacial score (nSPS) is 43.1. The van der Waals surface area contributed by atoms with E-state index in [-0.39, 0.29) is 24.2 Å². The topological polar surface area (TPSA) is 112 Å². The third-order valence-electron chi connectivity index (χ3n) is 9.50. The Morgan fingerprint density at radius 1 is 1.22 bits per heavy atom. The number of esters is 2. The average Bonchev–Trinajstić information content (AvgIpc) is 3.50. The van der Waals surface area contributed by atoms with Crippen LogP contribution in [-0.2, 0) is 28.6 Å². The Hall–Kier alpha value is -2.71. The molecule has 5 rings (SSSR count). The van der Waals surface area contributed by atoms with Crippen molar-refractivity contribution >= 4 is 17.7 Å². The van der Waals surface area contributed by atoms with Crippen molar-refractivity contribution in [2.45, 2.75) is 77.3 Å². The lowest BCUT2D eigenvalue weighted by Gasteiger charge is -2.62. The summed E-state index contributed by atoms with van der Waals surface area (Å²) < 4.78 is 23.0. The molecule has 0 radical (unpaired) electrons. The quantitative estimate of drug-likeness (QED) is 0.496. The van der Waals surface area contributed by atoms with E-state index in [1.165, 1.54) is 26.2 Å². The Labute approximate surface area is 210 Å². The minimum absolute atomic E-state index is 0.0395. The monoisotopic (exact) mass is 498 g/mol. The average molecular weight is 499 g/mol. The van der Waals surface area contributed by atoms with E-state index in [2.05, 4.69) is 6.92 Å². The maximum atomic E-state index is 13.7. The molecule has 8 heteroatoms. The van der Waals surface area contributed by atoms with Gasteiger partial charge < -0.3 is 23.7 Å². The number of ether oxygens (including phenoxy) is 3. The van der Waals surface area contributed by atoms with E-state index in [1.54, 1.807) is 26.4 Å². The van der Waals surface area contributed by atoms with E-state index in [4.69, 9.17) is 18.6 Å². The smallest absolute Gasteiger partial charge is 0.305 e. The highest BCUT2D eigenvalue weighted by Gasteiger charge is 2.74. The van der Waals surface area contributed by atoms with Crippen LogP contribution in [0, 0.1) is 22.7 Å². The summed E-state index contributed by atoms with van der Waals surface area (Å²) in [7, 11) is 1.33. The molecular formula is C28H34O8. The zero-order valence-corrected chi connectivity index (χ0v) is 21.6. The minimum atomic E-state index is -1.47. The van der Waals surface area contributed by atoms with Crippen LogP contribution in [0.5, 0.6) is 0 Å². The summed E-state index contributed by atoms with van der Waals surface area (Å²) in [4.78, 5) is 38.9. The maximum Gasteiger partial charge on any atom is 0.305 e. The summed E-state index contributed by atoms with van der Waals surface area (Å²) in [6, 6.07) is 1.94. The number of methoxy groups -OCH3 is 1. The summed E-state index contributed by atoms with van der Waals surface area (Å²) in [6.07, 6.45) is 5.04. The molecule has 1 saturated heterocycles. The number of rotatable bonds is 4. The van der Waals surface area contributed by atoms with Crippen LogP contribution >= 0.6 is 0 Å². The molecule has 0 unspecified atom stereocenters. The van der Waals surface area contributed by atoms with Crippen molar-refractivity contribution in [2.24, 2.45) is 22.7 Å². The molecule has 1 aromatic heterocycles. The van der Waals surface area contributed by atoms with Gasteiger partial charge in [-0.25, -0.2) is 0 Å². The number of hydrogen-bond donors (Lipinski definition) is 1. The highest BCUT2D eigenvalue weighted by Crippen LogP contribution is 2.69. The Balaban J connectivity index is 1.75. The predicted octanol–water partition coefficient (Wildman–Crippen LogP) is 3.49. The third kappa shape index (κ3) is 3.23. The Morgan fingerprint density at radius 3 is 2.56 bits per heavy atom. The summed E-state index contributed by atoms with van der Waals surface area (Å²) in [5.41, 5.74) is -0.344. The van der Waals surface area contributed by atoms with Crippen molar-refractivity contribution in [3.05, 3.63) is 47.5 Å². The fraction of sp³-hybridized carbons (Fsp3) is 0.607. The second-order valence-corrected chi connectivity index (χ2v) is 11.4. The lowest BCUT2D eigenvalue weighted by atomic mass is 9.43. The van der Waals surface area contributed by atoms with Gasteiger partial charge >= 0.3 is 11.9 Å². The van der Waals surface area contributed by atoms with Gasteiger partial charge in [-0.2, -0.15) is 0 Å². The first-order chi connectivity index (χ1) is 16.9. The molecule has 1 aliphatic heterocycles. The van der Waals surface area contributed by atoms with E-state index >= 15 is 0 Å². The number of carbonyl (C=O) groups is 3. The van der Waals surface area contributed by atoms with Gasteiger partial charge in [-0.1, -0.05) is 19.4 Å². The number of carbonyl (C=O) groups excluding carboxylic acids is 3. The number of fused-ring (bicyclic) bond motifs is 4. The van der Waals surface area contributed by atoms with Crippen LogP contribution in [0.4, 0.5) is 0 Å². The summed E-state index contributed by atoms with van der Waals surface area (Å²) in [5.74, 6) is -2.49. The van der Waals surface area contributed by atoms with Crippen LogP contribution in [-0.4, -0.2) is 53.9 Å². The van der Waals surface area contributed by atoms with E-state index in [0.717, 1.165) is 16.7 Å². The molecule has 1 N–H and O–H groups in total. The molecule has 0 bridgehead atoms. The molecule has 0 amide bonds. The molecule has 8 nitrogen and oxygen atoms in total. The number of ketones is 1. The molecular weight excluding hydrogens is 464 g/mol. The fourth-order valence-electron chi connectivity index (χ4n) is 8.12. The Morgan fingerprint density at radius 2 is 1.94 bits per heavy atom. The predicted molar refractivity (Wildman–Crippen MR) is 128 cm³/mol. The highest BCUT2D eigenvalue weighted by molar-refractivity contribution is 5.97. The van der Waals surface area contributed by atoms with Crippen LogP contribution in [0.2, 0.25) is 0 Å². The van der Waals surface area contributed by atoms with Crippen LogP contribution in [0.25, 0.3) is 0 Å². The third-order valence-corrected chi connectivity index (χ3v) is 9.50. The van der Waals surface area contributed by atoms with Crippen molar-refractivity contribution in [2.75, 3.05) is 7.11 Å². The summed E-state index contributed by atoms with van der Waals surface area (Å²) in [5, 5.41) is 11.5. The SMILES string of the molecule is COC(=O)C[C@@H]1[C@]2(C)C3=C(C)[C@H](c4ccoc4)C[C@@H]3O[C@@H]2[C@H](OC(C)=O)[C@H]2[C@]1(C)C(=O)C=C[C@@]2(C)O. The lowest BCUT2D eigenvalue weighted by molar-refractivity contribution is -0.232. The molecule has 2 heterocycles. The van der Waals surface area contributed by atoms with Crippen molar-refractivity contribution < 1.29 is 38.1 Å². The van der Waals surface area contributed by atoms with Gasteiger partial charge in [0.05, 0.1) is 37.8 Å². The van der Waals surface area contributed by atoms with Crippen molar-refractivity contribution in [3.8, 4) is 0 Å². The van der Waals surface area contributed by atoms with Crippen molar-refractivity contribution in [1.29, 1.82) is 0 Å². The molecule has 1 aromatic rings. The molecule has 2 fully saturated rings. The van der Waals surface area contributed by atoms with Crippen molar-refractivity contribution in [1.82, 2.24) is 0 Å². The van der Waals surface area contributed by atoms with Gasteiger partial charge in [-0.15, -0.1) is 0 Å². The van der Waals surface area contributed by atoms with Crippen LogP contribution < -0.4 is 0 Å². The molecule has 4 aliphatic rings. The molecule has 3 aliphatic carbocycles. The Kier molecular flexibility index (Phi) is 5.65. The molecule has 194 valence electrons. The maximum absolute atomic E-state index is 13.7. The largest absolute Gasteiger partial charge is 0.472 e. The van der Waals surface area contributed by atoms with E-state index in [9.17, 15) is 19.5 Å². The molecule has 9 atom stereocenters. The zero-order chi connectivity index (χ0) is 26.2. The lowest BCUT2D eigenvalue weighted by Crippen LogP contribution is -2.70. The molecule has 0 aromatic carbocycles. The van der Waals surface area contributed by atoms with Gasteiger partial charge in [0.1, 0.15) is 12.2 Å². The second kappa shape index (κ2) is 8.15. The number of allylic oxidation sites excluding steroid dienone is 2. The fourth-order valence-corrected chi connectivity index (χ4v) is 8.12. The van der Waals surface area contributed by atoms with Gasteiger partial charge in [-0.05, 0) is 55.5 Å². The van der Waals surface area contributed by atoms with Crippen LogP contribution in [0.3, 0.4) is 0 Å². The van der Waals surface area contributed by atoms with Gasteiger partial charge in [0.25, 0.3) is 0 Å². The minimum Gasteiger partial charge on any atom is -0.472 e. The standard InChI is InChI=1S/C28H34O8/c1-14-17(16-8-10-34-13-16)11-18-22(14)28(5)19(12-21(31)33-6)27(4)20(30)7-9-26(3,32)24(27)23(25(28)36-18)35-15(2)29/h7-10,13,17-19,23-25,32H,11-12H2,1-6H3/t17-,18+,19+,23-,24-,25-,26-,27+,28-/m1/s1. The molecule has 0 spiro atoms. The summed E-state index contributed by atoms with van der Waals surface area (Å²) in [6.45, 7) is 8.80.